The van der Waals surface area contributed by atoms with Crippen molar-refractivity contribution in [1.82, 2.24) is 0 Å². The minimum Gasteiger partial charge on any atom is -0.489 e. The molecule has 0 saturated carbocycles. The molecule has 1 atom stereocenters. The van der Waals surface area contributed by atoms with Crippen molar-refractivity contribution in [2.75, 3.05) is 6.61 Å². The maximum Gasteiger partial charge on any atom is 0.331 e. The maximum absolute atomic E-state index is 11.4. The predicted octanol–water partition coefficient (Wildman–Crippen LogP) is 2.41. The number of aliphatic carboxylic acids is 2. The van der Waals surface area contributed by atoms with Crippen molar-refractivity contribution < 1.29 is 29.5 Å². The number of carbonyl (C=O) groups is 2. The molecule has 0 heterocycles. The lowest BCUT2D eigenvalue weighted by Crippen LogP contribution is -2.30. The summed E-state index contributed by atoms with van der Waals surface area (Å²) in [6.45, 7) is 1.40. The zero-order valence-electron chi connectivity index (χ0n) is 12.8. The molecular formula is C16H15NO7. The molecule has 0 fully saturated rings. The third-order valence-corrected chi connectivity index (χ3v) is 3.64. The Morgan fingerprint density at radius 2 is 1.92 bits per heavy atom. The van der Waals surface area contributed by atoms with Gasteiger partial charge in [0, 0.05) is 17.7 Å². The van der Waals surface area contributed by atoms with E-state index in [1.807, 2.05) is 0 Å². The minimum atomic E-state index is -1.32. The highest BCUT2D eigenvalue weighted by Gasteiger charge is 2.36. The summed E-state index contributed by atoms with van der Waals surface area (Å²) in [6, 6.07) is 5.40. The Balaban J connectivity index is 2.17. The fraction of sp³-hybridized carbons (Fsp3) is 0.250. The summed E-state index contributed by atoms with van der Waals surface area (Å²) in [4.78, 5) is 32.6. The lowest BCUT2D eigenvalue weighted by molar-refractivity contribution is -0.384. The Hall–Kier alpha value is -3.16. The highest BCUT2D eigenvalue weighted by Crippen LogP contribution is 2.34. The number of non-ortho nitro benzene ring substituents is 1. The molecule has 2 rings (SSSR count). The van der Waals surface area contributed by atoms with Gasteiger partial charge in [-0.25, -0.2) is 4.79 Å². The van der Waals surface area contributed by atoms with Crippen molar-refractivity contribution >= 4 is 17.6 Å². The molecule has 1 aliphatic carbocycles. The van der Waals surface area contributed by atoms with Crippen LogP contribution in [-0.2, 0) is 9.59 Å². The molecule has 0 aromatic heterocycles. The quantitative estimate of drug-likeness (QED) is 0.604. The standard InChI is InChI=1S/C16H15NO7/c1-16(15(20)21)7-10(6-11(8-16)14(18)19)9-24-13-4-2-12(3-5-13)17(22)23/h2-7H,8-9H2,1H3,(H,18,19)(H,20,21). The molecule has 0 spiro atoms. The Bertz CT molecular complexity index is 748. The number of rotatable bonds is 6. The molecule has 8 heteroatoms. The first-order chi connectivity index (χ1) is 11.2. The minimum absolute atomic E-state index is 0.00954. The van der Waals surface area contributed by atoms with Gasteiger partial charge in [-0.05, 0) is 37.1 Å². The second-order valence-electron chi connectivity index (χ2n) is 5.63. The third kappa shape index (κ3) is 3.78. The van der Waals surface area contributed by atoms with Crippen LogP contribution in [-0.4, -0.2) is 33.7 Å². The van der Waals surface area contributed by atoms with E-state index >= 15 is 0 Å². The van der Waals surface area contributed by atoms with Gasteiger partial charge >= 0.3 is 11.9 Å². The normalized spacial score (nSPS) is 19.9. The largest absolute Gasteiger partial charge is 0.489 e. The molecule has 0 aliphatic heterocycles. The fourth-order valence-electron chi connectivity index (χ4n) is 2.36. The van der Waals surface area contributed by atoms with Crippen molar-refractivity contribution in [2.24, 2.45) is 5.41 Å². The molecule has 0 amide bonds. The van der Waals surface area contributed by atoms with Gasteiger partial charge < -0.3 is 14.9 Å². The van der Waals surface area contributed by atoms with E-state index in [1.54, 1.807) is 0 Å². The van der Waals surface area contributed by atoms with Crippen LogP contribution in [0, 0.1) is 15.5 Å². The molecule has 24 heavy (non-hydrogen) atoms. The van der Waals surface area contributed by atoms with Crippen LogP contribution in [0.15, 0.2) is 47.6 Å². The van der Waals surface area contributed by atoms with E-state index in [-0.39, 0.29) is 24.3 Å². The first kappa shape index (κ1) is 17.2. The van der Waals surface area contributed by atoms with E-state index < -0.39 is 22.3 Å². The maximum atomic E-state index is 11.4. The van der Waals surface area contributed by atoms with Crippen molar-refractivity contribution in [3.8, 4) is 5.75 Å². The highest BCUT2D eigenvalue weighted by atomic mass is 16.6. The molecule has 1 unspecified atom stereocenters. The van der Waals surface area contributed by atoms with Gasteiger partial charge in [0.25, 0.3) is 5.69 Å². The molecule has 1 aliphatic rings. The smallest absolute Gasteiger partial charge is 0.331 e. The predicted molar refractivity (Wildman–Crippen MR) is 82.8 cm³/mol. The Kier molecular flexibility index (Phi) is 4.68. The van der Waals surface area contributed by atoms with Gasteiger partial charge in [-0.15, -0.1) is 0 Å². The van der Waals surface area contributed by atoms with Crippen molar-refractivity contribution in [2.45, 2.75) is 13.3 Å². The number of nitro benzene ring substituents is 1. The van der Waals surface area contributed by atoms with Crippen LogP contribution in [0.25, 0.3) is 0 Å². The van der Waals surface area contributed by atoms with Crippen LogP contribution in [0.1, 0.15) is 13.3 Å². The van der Waals surface area contributed by atoms with Gasteiger partial charge in [0.05, 0.1) is 10.3 Å². The van der Waals surface area contributed by atoms with Gasteiger partial charge in [0.2, 0.25) is 0 Å². The summed E-state index contributed by atoms with van der Waals surface area (Å²) >= 11 is 0. The monoisotopic (exact) mass is 333 g/mol. The first-order valence-electron chi connectivity index (χ1n) is 6.97. The van der Waals surface area contributed by atoms with Crippen LogP contribution >= 0.6 is 0 Å². The van der Waals surface area contributed by atoms with E-state index in [2.05, 4.69) is 0 Å². The number of nitrogens with zero attached hydrogens (tertiary/aromatic N) is 1. The Labute approximate surface area is 136 Å². The number of ether oxygens (including phenoxy) is 1. The van der Waals surface area contributed by atoms with E-state index in [1.165, 1.54) is 43.3 Å². The van der Waals surface area contributed by atoms with Crippen LogP contribution in [0.2, 0.25) is 0 Å². The van der Waals surface area contributed by atoms with E-state index in [0.29, 0.717) is 11.3 Å². The number of carboxylic acid groups (broad SMARTS) is 2. The lowest BCUT2D eigenvalue weighted by Gasteiger charge is -2.26. The van der Waals surface area contributed by atoms with Crippen LogP contribution < -0.4 is 4.74 Å². The van der Waals surface area contributed by atoms with Gasteiger partial charge in [0.15, 0.2) is 0 Å². The zero-order chi connectivity index (χ0) is 17.9. The first-order valence-corrected chi connectivity index (χ1v) is 6.97. The summed E-state index contributed by atoms with van der Waals surface area (Å²) in [6.07, 6.45) is 2.74. The average molecular weight is 333 g/mol. The number of hydrogen-bond acceptors (Lipinski definition) is 5. The average Bonchev–Trinajstić information content (AvgIpc) is 2.52. The molecule has 0 radical (unpaired) electrons. The van der Waals surface area contributed by atoms with Gasteiger partial charge in [-0.1, -0.05) is 6.08 Å². The van der Waals surface area contributed by atoms with Gasteiger partial charge in [-0.3, -0.25) is 14.9 Å². The molecular weight excluding hydrogens is 318 g/mol. The molecule has 8 nitrogen and oxygen atoms in total. The summed E-state index contributed by atoms with van der Waals surface area (Å²) in [7, 11) is 0. The highest BCUT2D eigenvalue weighted by molar-refractivity contribution is 5.90. The van der Waals surface area contributed by atoms with Crippen LogP contribution in [0.3, 0.4) is 0 Å². The Morgan fingerprint density at radius 3 is 2.42 bits per heavy atom. The van der Waals surface area contributed by atoms with Crippen molar-refractivity contribution in [3.63, 3.8) is 0 Å². The van der Waals surface area contributed by atoms with E-state index in [0.717, 1.165) is 0 Å². The fourth-order valence-corrected chi connectivity index (χ4v) is 2.36. The summed E-state index contributed by atoms with van der Waals surface area (Å²) in [5.74, 6) is -1.94. The number of nitro groups is 1. The summed E-state index contributed by atoms with van der Waals surface area (Å²) in [5, 5.41) is 29.0. The molecule has 0 saturated heterocycles. The zero-order valence-corrected chi connectivity index (χ0v) is 12.8. The molecule has 126 valence electrons. The third-order valence-electron chi connectivity index (χ3n) is 3.64. The van der Waals surface area contributed by atoms with Crippen LogP contribution in [0.4, 0.5) is 5.69 Å². The number of carboxylic acids is 2. The topological polar surface area (TPSA) is 127 Å². The number of hydrogen-bond donors (Lipinski definition) is 2. The molecule has 2 N–H and O–H groups in total. The Morgan fingerprint density at radius 1 is 1.29 bits per heavy atom. The van der Waals surface area contributed by atoms with Crippen molar-refractivity contribution in [1.29, 1.82) is 0 Å². The SMILES string of the molecule is CC1(C(=O)O)C=C(COc2ccc([N+](=O)[O-])cc2)C=C(C(=O)O)C1. The molecule has 0 bridgehead atoms. The lowest BCUT2D eigenvalue weighted by atomic mass is 9.78. The van der Waals surface area contributed by atoms with Crippen molar-refractivity contribution in [3.05, 3.63) is 57.7 Å². The van der Waals surface area contributed by atoms with Gasteiger partial charge in [0.1, 0.15) is 12.4 Å². The molecule has 1 aromatic carbocycles. The second-order valence-corrected chi connectivity index (χ2v) is 5.63. The number of benzene rings is 1. The van der Waals surface area contributed by atoms with Gasteiger partial charge in [-0.2, -0.15) is 0 Å². The van der Waals surface area contributed by atoms with Crippen LogP contribution in [0.5, 0.6) is 5.75 Å². The van der Waals surface area contributed by atoms with E-state index in [4.69, 9.17) is 9.84 Å². The second kappa shape index (κ2) is 6.53. The summed E-state index contributed by atoms with van der Waals surface area (Å²) < 4.78 is 5.46. The van der Waals surface area contributed by atoms with E-state index in [9.17, 15) is 24.8 Å². The summed E-state index contributed by atoms with van der Waals surface area (Å²) in [5.41, 5.74) is -0.992. The molecule has 1 aromatic rings.